The van der Waals surface area contributed by atoms with Gasteiger partial charge in [-0.1, -0.05) is 30.3 Å². The SMILES string of the molecule is CN(C)CCC(=O)c1ccc2c3c(cccc13)CC2. The Morgan fingerprint density at radius 1 is 1.11 bits per heavy atom. The summed E-state index contributed by atoms with van der Waals surface area (Å²) in [6.07, 6.45) is 2.82. The normalized spacial score (nSPS) is 13.4. The zero-order valence-electron chi connectivity index (χ0n) is 11.6. The van der Waals surface area contributed by atoms with Gasteiger partial charge in [0.05, 0.1) is 0 Å². The van der Waals surface area contributed by atoms with Gasteiger partial charge in [-0.3, -0.25) is 4.79 Å². The van der Waals surface area contributed by atoms with Gasteiger partial charge >= 0.3 is 0 Å². The number of ketones is 1. The molecule has 0 aromatic heterocycles. The van der Waals surface area contributed by atoms with Crippen LogP contribution in [0.5, 0.6) is 0 Å². The Morgan fingerprint density at radius 2 is 1.84 bits per heavy atom. The molecule has 1 aliphatic carbocycles. The van der Waals surface area contributed by atoms with Crippen molar-refractivity contribution >= 4 is 16.6 Å². The third-order valence-corrected chi connectivity index (χ3v) is 3.96. The standard InChI is InChI=1S/C17H19NO/c1-18(2)11-10-16(19)14-9-8-13-7-6-12-4-3-5-15(14)17(12)13/h3-5,8-9H,6-7,10-11H2,1-2H3. The van der Waals surface area contributed by atoms with Gasteiger partial charge in [-0.2, -0.15) is 0 Å². The van der Waals surface area contributed by atoms with Gasteiger partial charge < -0.3 is 4.90 Å². The van der Waals surface area contributed by atoms with E-state index in [2.05, 4.69) is 29.2 Å². The van der Waals surface area contributed by atoms with E-state index < -0.39 is 0 Å². The molecule has 0 radical (unpaired) electrons. The van der Waals surface area contributed by atoms with Gasteiger partial charge in [-0.05, 0) is 48.8 Å². The van der Waals surface area contributed by atoms with Crippen molar-refractivity contribution in [1.82, 2.24) is 4.90 Å². The Bertz CT molecular complexity index is 633. The molecule has 2 heteroatoms. The zero-order chi connectivity index (χ0) is 13.4. The number of benzene rings is 2. The maximum absolute atomic E-state index is 12.4. The van der Waals surface area contributed by atoms with Crippen molar-refractivity contribution in [2.24, 2.45) is 0 Å². The maximum atomic E-state index is 12.4. The molecule has 0 atom stereocenters. The molecule has 2 aromatic rings. The number of carbonyl (C=O) groups is 1. The average Bonchev–Trinajstić information content (AvgIpc) is 2.82. The molecule has 1 aliphatic rings. The first-order valence-corrected chi connectivity index (χ1v) is 6.88. The molecule has 0 amide bonds. The highest BCUT2D eigenvalue weighted by atomic mass is 16.1. The van der Waals surface area contributed by atoms with Crippen LogP contribution >= 0.6 is 0 Å². The van der Waals surface area contributed by atoms with Crippen LogP contribution < -0.4 is 0 Å². The Labute approximate surface area is 114 Å². The van der Waals surface area contributed by atoms with Crippen LogP contribution in [0.15, 0.2) is 30.3 Å². The molecule has 2 nitrogen and oxygen atoms in total. The van der Waals surface area contributed by atoms with Gasteiger partial charge in [0.25, 0.3) is 0 Å². The van der Waals surface area contributed by atoms with Crippen LogP contribution in [0.4, 0.5) is 0 Å². The predicted molar refractivity (Wildman–Crippen MR) is 78.9 cm³/mol. The number of hydrogen-bond acceptors (Lipinski definition) is 2. The number of aryl methyl sites for hydroxylation is 2. The lowest BCUT2D eigenvalue weighted by molar-refractivity contribution is 0.0974. The molecule has 0 spiro atoms. The highest BCUT2D eigenvalue weighted by molar-refractivity contribution is 6.10. The van der Waals surface area contributed by atoms with E-state index in [0.29, 0.717) is 6.42 Å². The first-order chi connectivity index (χ1) is 9.16. The smallest absolute Gasteiger partial charge is 0.164 e. The lowest BCUT2D eigenvalue weighted by atomic mass is 9.96. The fourth-order valence-electron chi connectivity index (χ4n) is 2.95. The molecule has 0 fully saturated rings. The van der Waals surface area contributed by atoms with Crippen LogP contribution in [-0.4, -0.2) is 31.3 Å². The molecule has 0 N–H and O–H groups in total. The first kappa shape index (κ1) is 12.4. The fraction of sp³-hybridized carbons (Fsp3) is 0.353. The Hall–Kier alpha value is -1.67. The number of hydrogen-bond donors (Lipinski definition) is 0. The van der Waals surface area contributed by atoms with Gasteiger partial charge in [0, 0.05) is 18.5 Å². The Balaban J connectivity index is 2.04. The van der Waals surface area contributed by atoms with Crippen molar-refractivity contribution in [3.05, 3.63) is 47.0 Å². The molecule has 3 rings (SSSR count). The third kappa shape index (κ3) is 2.17. The second-order valence-corrected chi connectivity index (χ2v) is 5.59. The molecule has 2 aromatic carbocycles. The van der Waals surface area contributed by atoms with Crippen molar-refractivity contribution in [3.8, 4) is 0 Å². The fourth-order valence-corrected chi connectivity index (χ4v) is 2.95. The van der Waals surface area contributed by atoms with Crippen LogP contribution in [0, 0.1) is 0 Å². The minimum absolute atomic E-state index is 0.254. The quantitative estimate of drug-likeness (QED) is 0.780. The summed E-state index contributed by atoms with van der Waals surface area (Å²) in [7, 11) is 4.00. The molecule has 0 saturated heterocycles. The van der Waals surface area contributed by atoms with E-state index in [1.807, 2.05) is 20.2 Å². The van der Waals surface area contributed by atoms with Gasteiger partial charge in [0.15, 0.2) is 5.78 Å². The van der Waals surface area contributed by atoms with Gasteiger partial charge in [-0.15, -0.1) is 0 Å². The van der Waals surface area contributed by atoms with E-state index in [9.17, 15) is 4.79 Å². The maximum Gasteiger partial charge on any atom is 0.164 e. The summed E-state index contributed by atoms with van der Waals surface area (Å²) in [6.45, 7) is 0.807. The van der Waals surface area contributed by atoms with Gasteiger partial charge in [0.1, 0.15) is 0 Å². The molecule has 0 heterocycles. The van der Waals surface area contributed by atoms with Crippen molar-refractivity contribution in [2.75, 3.05) is 20.6 Å². The molecule has 0 aliphatic heterocycles. The Kier molecular flexibility index (Phi) is 3.11. The van der Waals surface area contributed by atoms with Crippen molar-refractivity contribution < 1.29 is 4.79 Å². The summed E-state index contributed by atoms with van der Waals surface area (Å²) in [5, 5.41) is 2.48. The molecule has 0 bridgehead atoms. The summed E-state index contributed by atoms with van der Waals surface area (Å²) >= 11 is 0. The zero-order valence-corrected chi connectivity index (χ0v) is 11.6. The van der Waals surface area contributed by atoms with E-state index in [-0.39, 0.29) is 5.78 Å². The minimum Gasteiger partial charge on any atom is -0.309 e. The van der Waals surface area contributed by atoms with Crippen LogP contribution in [0.2, 0.25) is 0 Å². The highest BCUT2D eigenvalue weighted by Gasteiger charge is 2.18. The lowest BCUT2D eigenvalue weighted by Crippen LogP contribution is -2.16. The summed E-state index contributed by atoms with van der Waals surface area (Å²) in [5.74, 6) is 0.254. The molecule has 98 valence electrons. The van der Waals surface area contributed by atoms with E-state index in [0.717, 1.165) is 30.3 Å². The number of carbonyl (C=O) groups excluding carboxylic acids is 1. The Morgan fingerprint density at radius 3 is 2.58 bits per heavy atom. The van der Waals surface area contributed by atoms with Crippen LogP contribution in [0.3, 0.4) is 0 Å². The number of nitrogens with zero attached hydrogens (tertiary/aromatic N) is 1. The lowest BCUT2D eigenvalue weighted by Gasteiger charge is -2.11. The summed E-state index contributed by atoms with van der Waals surface area (Å²) in [6, 6.07) is 10.5. The first-order valence-electron chi connectivity index (χ1n) is 6.88. The summed E-state index contributed by atoms with van der Waals surface area (Å²) < 4.78 is 0. The van der Waals surface area contributed by atoms with E-state index in [1.165, 1.54) is 16.5 Å². The predicted octanol–water partition coefficient (Wildman–Crippen LogP) is 3.07. The molecular weight excluding hydrogens is 234 g/mol. The molecule has 0 unspecified atom stereocenters. The minimum atomic E-state index is 0.254. The largest absolute Gasteiger partial charge is 0.309 e. The van der Waals surface area contributed by atoms with E-state index >= 15 is 0 Å². The third-order valence-electron chi connectivity index (χ3n) is 3.96. The highest BCUT2D eigenvalue weighted by Crippen LogP contribution is 2.33. The van der Waals surface area contributed by atoms with E-state index in [1.54, 1.807) is 0 Å². The van der Waals surface area contributed by atoms with Crippen LogP contribution in [0.1, 0.15) is 27.9 Å². The number of rotatable bonds is 4. The molecule has 19 heavy (non-hydrogen) atoms. The topological polar surface area (TPSA) is 20.3 Å². The second kappa shape index (κ2) is 4.78. The summed E-state index contributed by atoms with van der Waals surface area (Å²) in [5.41, 5.74) is 3.69. The van der Waals surface area contributed by atoms with Crippen LogP contribution in [0.25, 0.3) is 10.8 Å². The van der Waals surface area contributed by atoms with Gasteiger partial charge in [0.2, 0.25) is 0 Å². The summed E-state index contributed by atoms with van der Waals surface area (Å²) in [4.78, 5) is 14.4. The van der Waals surface area contributed by atoms with E-state index in [4.69, 9.17) is 0 Å². The second-order valence-electron chi connectivity index (χ2n) is 5.59. The van der Waals surface area contributed by atoms with Gasteiger partial charge in [-0.25, -0.2) is 0 Å². The van der Waals surface area contributed by atoms with Crippen LogP contribution in [-0.2, 0) is 12.8 Å². The molecule has 0 saturated carbocycles. The molecular formula is C17H19NO. The van der Waals surface area contributed by atoms with Crippen molar-refractivity contribution in [1.29, 1.82) is 0 Å². The van der Waals surface area contributed by atoms with Crippen molar-refractivity contribution in [3.63, 3.8) is 0 Å². The monoisotopic (exact) mass is 253 g/mol. The number of Topliss-reactive ketones (excluding diaryl/α,β-unsaturated/α-hetero) is 1. The van der Waals surface area contributed by atoms with Crippen molar-refractivity contribution in [2.45, 2.75) is 19.3 Å². The average molecular weight is 253 g/mol.